The van der Waals surface area contributed by atoms with Gasteiger partial charge in [0.1, 0.15) is 11.5 Å². The van der Waals surface area contributed by atoms with E-state index in [-0.39, 0.29) is 11.5 Å². The first-order chi connectivity index (χ1) is 15.9. The van der Waals surface area contributed by atoms with Crippen molar-refractivity contribution in [1.82, 2.24) is 19.9 Å². The maximum Gasteiger partial charge on any atom is 0.490 e. The number of carbonyl (C=O) groups is 2. The van der Waals surface area contributed by atoms with Crippen molar-refractivity contribution < 1.29 is 37.1 Å². The first-order valence-electron chi connectivity index (χ1n) is 10.9. The molecule has 2 N–H and O–H groups in total. The van der Waals surface area contributed by atoms with Crippen molar-refractivity contribution in [2.45, 2.75) is 45.0 Å². The molecule has 2 aromatic heterocycles. The van der Waals surface area contributed by atoms with Gasteiger partial charge in [0.2, 0.25) is 0 Å². The Hall–Kier alpha value is -2.86. The summed E-state index contributed by atoms with van der Waals surface area (Å²) in [6, 6.07) is 3.72. The Kier molecular flexibility index (Phi) is 7.71. The number of carboxylic acid groups (broad SMARTS) is 1. The van der Waals surface area contributed by atoms with Crippen molar-refractivity contribution >= 4 is 11.9 Å². The number of aromatic nitrogens is 2. The van der Waals surface area contributed by atoms with Gasteiger partial charge in [-0.15, -0.1) is 0 Å². The number of alkyl halides is 3. The molecule has 2 aliphatic rings. The van der Waals surface area contributed by atoms with Crippen molar-refractivity contribution in [1.29, 1.82) is 0 Å². The number of ether oxygens (including phenoxy) is 1. The quantitative estimate of drug-likeness (QED) is 0.669. The summed E-state index contributed by atoms with van der Waals surface area (Å²) in [5.41, 5.74) is 2.86. The molecular weight excluding hydrogens is 457 g/mol. The van der Waals surface area contributed by atoms with Crippen LogP contribution < -0.4 is 5.32 Å². The van der Waals surface area contributed by atoms with Gasteiger partial charge in [0, 0.05) is 45.0 Å². The first kappa shape index (κ1) is 25.8. The molecule has 4 rings (SSSR count). The van der Waals surface area contributed by atoms with Crippen molar-refractivity contribution in [3.05, 3.63) is 41.0 Å². The molecule has 0 aliphatic carbocycles. The van der Waals surface area contributed by atoms with E-state index in [2.05, 4.69) is 15.4 Å². The van der Waals surface area contributed by atoms with Gasteiger partial charge in [0.25, 0.3) is 5.91 Å². The second-order valence-corrected chi connectivity index (χ2v) is 8.86. The first-order valence-corrected chi connectivity index (χ1v) is 10.9. The Labute approximate surface area is 194 Å². The maximum atomic E-state index is 12.2. The Bertz CT molecular complexity index is 981. The Balaban J connectivity index is 0.000000406. The topological polar surface area (TPSA) is 110 Å². The van der Waals surface area contributed by atoms with Crippen LogP contribution in [0.2, 0.25) is 0 Å². The lowest BCUT2D eigenvalue weighted by Gasteiger charge is -2.53. The predicted molar refractivity (Wildman–Crippen MR) is 114 cm³/mol. The zero-order valence-electron chi connectivity index (χ0n) is 19.3. The average Bonchev–Trinajstić information content (AvgIpc) is 3.31. The Morgan fingerprint density at radius 2 is 2.00 bits per heavy atom. The van der Waals surface area contributed by atoms with Gasteiger partial charge in [-0.2, -0.15) is 13.2 Å². The third-order valence-corrected chi connectivity index (χ3v) is 6.19. The van der Waals surface area contributed by atoms with Crippen LogP contribution in [-0.2, 0) is 23.1 Å². The van der Waals surface area contributed by atoms with Gasteiger partial charge >= 0.3 is 12.1 Å². The van der Waals surface area contributed by atoms with Crippen LogP contribution in [-0.4, -0.2) is 69.6 Å². The molecule has 9 nitrogen and oxygen atoms in total. The van der Waals surface area contributed by atoms with Crippen LogP contribution >= 0.6 is 0 Å². The van der Waals surface area contributed by atoms with E-state index in [0.29, 0.717) is 24.8 Å². The van der Waals surface area contributed by atoms with Crippen molar-refractivity contribution in [3.63, 3.8) is 0 Å². The molecule has 1 amide bonds. The van der Waals surface area contributed by atoms with Crippen molar-refractivity contribution in [3.8, 4) is 0 Å². The molecule has 188 valence electrons. The Morgan fingerprint density at radius 1 is 1.32 bits per heavy atom. The number of rotatable bonds is 5. The average molecular weight is 486 g/mol. The molecule has 0 saturated carbocycles. The van der Waals surface area contributed by atoms with Gasteiger partial charge in [-0.1, -0.05) is 5.16 Å². The highest BCUT2D eigenvalue weighted by atomic mass is 19.4. The van der Waals surface area contributed by atoms with Crippen molar-refractivity contribution in [2.75, 3.05) is 26.2 Å². The smallest absolute Gasteiger partial charge is 0.475 e. The number of carbonyl (C=O) groups excluding carboxylic acids is 1. The molecule has 4 heterocycles. The second-order valence-electron chi connectivity index (χ2n) is 8.86. The van der Waals surface area contributed by atoms with E-state index in [1.807, 2.05) is 43.8 Å². The van der Waals surface area contributed by atoms with E-state index < -0.39 is 12.1 Å². The summed E-state index contributed by atoms with van der Waals surface area (Å²) >= 11 is 0. The molecule has 1 atom stereocenters. The minimum Gasteiger partial charge on any atom is -0.475 e. The van der Waals surface area contributed by atoms with Gasteiger partial charge in [-0.25, -0.2) is 4.79 Å². The van der Waals surface area contributed by atoms with Crippen LogP contribution in [0, 0.1) is 19.8 Å². The van der Waals surface area contributed by atoms with E-state index in [0.717, 1.165) is 43.9 Å². The number of aliphatic carboxylic acids is 1. The normalized spacial score (nSPS) is 19.8. The van der Waals surface area contributed by atoms with E-state index in [4.69, 9.17) is 19.2 Å². The number of nitrogens with one attached hydrogen (secondary N) is 1. The minimum absolute atomic E-state index is 0.00238. The largest absolute Gasteiger partial charge is 0.490 e. The number of hydrogen-bond acceptors (Lipinski definition) is 6. The van der Waals surface area contributed by atoms with Gasteiger partial charge in [-0.3, -0.25) is 9.69 Å². The number of carboxylic acids is 1. The van der Waals surface area contributed by atoms with Crippen LogP contribution in [0.15, 0.2) is 22.9 Å². The lowest BCUT2D eigenvalue weighted by atomic mass is 9.82. The monoisotopic (exact) mass is 486 g/mol. The molecule has 0 radical (unpaired) electrons. The zero-order valence-corrected chi connectivity index (χ0v) is 19.3. The minimum atomic E-state index is -5.08. The summed E-state index contributed by atoms with van der Waals surface area (Å²) in [7, 11) is 1.88. The maximum absolute atomic E-state index is 12.2. The highest BCUT2D eigenvalue weighted by Crippen LogP contribution is 2.37. The molecule has 0 bridgehead atoms. The van der Waals surface area contributed by atoms with Crippen LogP contribution in [0.5, 0.6) is 0 Å². The number of aryl methyl sites for hydroxylation is 3. The zero-order chi connectivity index (χ0) is 25.1. The van der Waals surface area contributed by atoms with E-state index >= 15 is 0 Å². The van der Waals surface area contributed by atoms with Gasteiger partial charge in [0.15, 0.2) is 0 Å². The molecule has 2 fully saturated rings. The highest BCUT2D eigenvalue weighted by molar-refractivity contribution is 5.92. The molecule has 0 aromatic carbocycles. The molecule has 12 heteroatoms. The summed E-state index contributed by atoms with van der Waals surface area (Å²) in [6.07, 6.45) is -1.06. The van der Waals surface area contributed by atoms with Crippen LogP contribution in [0.4, 0.5) is 13.2 Å². The fraction of sp³-hybridized carbons (Fsp3) is 0.591. The van der Waals surface area contributed by atoms with Crippen LogP contribution in [0.1, 0.15) is 40.3 Å². The van der Waals surface area contributed by atoms with E-state index in [1.54, 1.807) is 0 Å². The summed E-state index contributed by atoms with van der Waals surface area (Å²) < 4.78 is 45.1. The molecule has 2 aromatic rings. The fourth-order valence-corrected chi connectivity index (χ4v) is 4.18. The second kappa shape index (κ2) is 10.2. The Morgan fingerprint density at radius 3 is 2.47 bits per heavy atom. The predicted octanol–water partition coefficient (Wildman–Crippen LogP) is 2.67. The number of halogens is 3. The lowest BCUT2D eigenvalue weighted by molar-refractivity contribution is -0.192. The van der Waals surface area contributed by atoms with Gasteiger partial charge in [0.05, 0.1) is 17.9 Å². The molecule has 34 heavy (non-hydrogen) atoms. The number of amides is 1. The highest BCUT2D eigenvalue weighted by Gasteiger charge is 2.46. The van der Waals surface area contributed by atoms with Crippen LogP contribution in [0.25, 0.3) is 0 Å². The summed E-state index contributed by atoms with van der Waals surface area (Å²) in [5.74, 6) is -1.48. The van der Waals surface area contributed by atoms with Gasteiger partial charge in [-0.05, 0) is 44.7 Å². The third-order valence-electron chi connectivity index (χ3n) is 6.19. The standard InChI is InChI=1S/C20H28N4O3.C2HF3O2/c1-14-17(15(2)27-22-14)10-24-12-20(13-24)7-6-16(11-26-20)9-21-19(25)18-5-4-8-23(18)3;3-2(4,5)1(6)7/h4-5,8,16H,6-7,9-13H2,1-3H3,(H,21,25);(H,6,7). The number of nitrogens with zero attached hydrogens (tertiary/aromatic N) is 3. The number of hydrogen-bond donors (Lipinski definition) is 2. The molecular formula is C22H29F3N4O5. The molecule has 1 unspecified atom stereocenters. The number of likely N-dealkylation sites (tertiary alicyclic amines) is 1. The van der Waals surface area contributed by atoms with Crippen LogP contribution in [0.3, 0.4) is 0 Å². The summed E-state index contributed by atoms with van der Waals surface area (Å²) in [5, 5.41) is 14.2. The third kappa shape index (κ3) is 6.17. The molecule has 1 spiro atoms. The SMILES string of the molecule is Cc1noc(C)c1CN1CC2(CCC(CNC(=O)c3cccn3C)CO2)C1.O=C(O)C(F)(F)F. The van der Waals surface area contributed by atoms with Gasteiger partial charge < -0.3 is 24.3 Å². The summed E-state index contributed by atoms with van der Waals surface area (Å²) in [4.78, 5) is 23.5. The van der Waals surface area contributed by atoms with E-state index in [1.165, 1.54) is 5.56 Å². The summed E-state index contributed by atoms with van der Waals surface area (Å²) in [6.45, 7) is 8.14. The molecule has 2 saturated heterocycles. The lowest BCUT2D eigenvalue weighted by Crippen LogP contribution is -2.64. The fourth-order valence-electron chi connectivity index (χ4n) is 4.18. The van der Waals surface area contributed by atoms with E-state index in [9.17, 15) is 18.0 Å². The van der Waals surface area contributed by atoms with Crippen molar-refractivity contribution in [2.24, 2.45) is 13.0 Å². The molecule has 2 aliphatic heterocycles.